The molecule has 0 saturated carbocycles. The van der Waals surface area contributed by atoms with Gasteiger partial charge < -0.3 is 0 Å². The van der Waals surface area contributed by atoms with Crippen LogP contribution in [0, 0.1) is 23.0 Å². The second-order valence-corrected chi connectivity index (χ2v) is 9.29. The Morgan fingerprint density at radius 3 is 2.24 bits per heavy atom. The highest BCUT2D eigenvalue weighted by Gasteiger charge is 2.30. The first-order chi connectivity index (χ1) is 17.5. The molecule has 12 nitrogen and oxygen atoms in total. The number of fused-ring (bicyclic) bond motifs is 3. The van der Waals surface area contributed by atoms with Gasteiger partial charge in [0.1, 0.15) is 28.3 Å². The third kappa shape index (κ3) is 4.85. The van der Waals surface area contributed by atoms with Gasteiger partial charge in [-0.2, -0.15) is 0 Å². The number of nitro benzene ring substituents is 1. The number of allylic oxidation sites excluding steroid dienone is 6. The Morgan fingerprint density at radius 1 is 0.919 bits per heavy atom. The topological polar surface area (TPSA) is 160 Å². The minimum absolute atomic E-state index is 0.0816. The van der Waals surface area contributed by atoms with E-state index in [2.05, 4.69) is 90.9 Å². The van der Waals surface area contributed by atoms with Gasteiger partial charge in [-0.25, -0.2) is 13.9 Å². The summed E-state index contributed by atoms with van der Waals surface area (Å²) < 4.78 is 13.8. The van der Waals surface area contributed by atoms with Crippen LogP contribution in [0.2, 0.25) is 0 Å². The van der Waals surface area contributed by atoms with Crippen LogP contribution in [0.25, 0.3) is 27.8 Å². The zero-order valence-corrected chi connectivity index (χ0v) is 21.1. The summed E-state index contributed by atoms with van der Waals surface area (Å²) in [4.78, 5) is 10.0. The molecule has 1 atom stereocenters. The molecule has 0 fully saturated rings. The average Bonchev–Trinajstić information content (AvgIpc) is 3.62. The van der Waals surface area contributed by atoms with E-state index >= 15 is 0 Å². The summed E-state index contributed by atoms with van der Waals surface area (Å²) in [6, 6.07) is 3.01. The monoisotopic (exact) mass is 503 g/mol. The second kappa shape index (κ2) is 9.72. The lowest BCUT2D eigenvalue weighted by atomic mass is 9.82. The molecule has 0 bridgehead atoms. The summed E-state index contributed by atoms with van der Waals surface area (Å²) in [5.74, 6) is 0.337. The number of rotatable bonds is 1. The maximum absolute atomic E-state index is 10.5. The maximum atomic E-state index is 10.5. The van der Waals surface area contributed by atoms with Crippen molar-refractivity contribution in [1.82, 2.24) is 30.9 Å². The molecule has 3 aromatic heterocycles. The molecule has 0 spiro atoms. The predicted molar refractivity (Wildman–Crippen MR) is 135 cm³/mol. The molecule has 0 aliphatic heterocycles. The number of hydrogen-bond acceptors (Lipinski definition) is 11. The maximum Gasteiger partial charge on any atom is 0.300 e. The molecule has 37 heavy (non-hydrogen) atoms. The number of nitro groups is 1. The largest absolute Gasteiger partial charge is 0.300 e. The van der Waals surface area contributed by atoms with E-state index in [0.29, 0.717) is 11.4 Å². The van der Waals surface area contributed by atoms with Crippen LogP contribution >= 0.6 is 0 Å². The van der Waals surface area contributed by atoms with Crippen molar-refractivity contribution in [2.75, 3.05) is 0 Å². The molecule has 0 N–H and O–H groups in total. The Morgan fingerprint density at radius 2 is 1.54 bits per heavy atom. The van der Waals surface area contributed by atoms with E-state index in [1.807, 2.05) is 13.0 Å². The van der Waals surface area contributed by atoms with Gasteiger partial charge in [-0.1, -0.05) is 63.4 Å². The number of aryl methyl sites for hydroxylation is 1. The van der Waals surface area contributed by atoms with E-state index in [-0.39, 0.29) is 16.6 Å². The third-order valence-corrected chi connectivity index (χ3v) is 6.11. The van der Waals surface area contributed by atoms with E-state index in [4.69, 9.17) is 0 Å². The first-order valence-corrected chi connectivity index (χ1v) is 11.3. The van der Waals surface area contributed by atoms with Crippen molar-refractivity contribution < 1.29 is 18.8 Å². The summed E-state index contributed by atoms with van der Waals surface area (Å²) >= 11 is 0. The van der Waals surface area contributed by atoms with Crippen LogP contribution in [0.15, 0.2) is 57.4 Å². The molecule has 6 rings (SSSR count). The summed E-state index contributed by atoms with van der Waals surface area (Å²) in [5.41, 5.74) is 7.53. The highest BCUT2D eigenvalue weighted by Crippen LogP contribution is 2.34. The molecule has 0 saturated heterocycles. The van der Waals surface area contributed by atoms with E-state index < -0.39 is 4.92 Å². The van der Waals surface area contributed by atoms with E-state index in [9.17, 15) is 10.1 Å². The van der Waals surface area contributed by atoms with Crippen LogP contribution in [0.4, 0.5) is 5.69 Å². The summed E-state index contributed by atoms with van der Waals surface area (Å²) in [7, 11) is 0. The summed E-state index contributed by atoms with van der Waals surface area (Å²) in [6.07, 6.45) is 6.13. The predicted octanol–water partition coefficient (Wildman–Crippen LogP) is 5.51. The molecule has 12 heteroatoms. The minimum Gasteiger partial charge on any atom is -0.258 e. The van der Waals surface area contributed by atoms with Crippen LogP contribution in [-0.4, -0.2) is 35.9 Å². The van der Waals surface area contributed by atoms with Gasteiger partial charge in [0.05, 0.1) is 4.92 Å². The van der Waals surface area contributed by atoms with E-state index in [1.54, 1.807) is 13.0 Å². The molecular weight excluding hydrogens is 478 g/mol. The Hall–Kier alpha value is -4.74. The standard InChI is InChI=1S/2C9H10N2O.C7H5N3O3/c1-6-4-5-9(2,3)8-7(6)10-12-11-8;1-5-4-6(2)8-9(7(5)3)11-12-10-8;1-4-2-3-5(10(11)12)7-6(4)8-13-9-7/h4-5H,1H2,2-3H3;4-5H,3H2,1-2H3;2-3H,1H3. The first kappa shape index (κ1) is 25.4. The van der Waals surface area contributed by atoms with Crippen LogP contribution in [0.3, 0.4) is 0 Å². The van der Waals surface area contributed by atoms with Crippen LogP contribution in [0.1, 0.15) is 56.0 Å². The molecule has 1 aromatic carbocycles. The number of aromatic nitrogens is 6. The van der Waals surface area contributed by atoms with Gasteiger partial charge in [-0.05, 0) is 61.9 Å². The Bertz CT molecular complexity index is 1570. The molecule has 2 aliphatic carbocycles. The summed E-state index contributed by atoms with van der Waals surface area (Å²) in [5, 5.41) is 32.8. The van der Waals surface area contributed by atoms with Crippen molar-refractivity contribution in [3.63, 3.8) is 0 Å². The van der Waals surface area contributed by atoms with Crippen LogP contribution < -0.4 is 0 Å². The van der Waals surface area contributed by atoms with Crippen LogP contribution in [-0.2, 0) is 5.41 Å². The Balaban J connectivity index is 0.000000130. The zero-order valence-electron chi connectivity index (χ0n) is 21.1. The molecule has 4 aromatic rings. The normalized spacial score (nSPS) is 17.1. The number of nitrogens with zero attached hydrogens (tertiary/aromatic N) is 7. The lowest BCUT2D eigenvalue weighted by Gasteiger charge is -2.21. The van der Waals surface area contributed by atoms with Gasteiger partial charge in [0.25, 0.3) is 0 Å². The smallest absolute Gasteiger partial charge is 0.258 e. The highest BCUT2D eigenvalue weighted by molar-refractivity contribution is 5.85. The van der Waals surface area contributed by atoms with Crippen molar-refractivity contribution in [2.45, 2.75) is 40.0 Å². The third-order valence-electron chi connectivity index (χ3n) is 6.11. The van der Waals surface area contributed by atoms with Crippen LogP contribution in [0.5, 0.6) is 0 Å². The highest BCUT2D eigenvalue weighted by atomic mass is 16.6. The Kier molecular flexibility index (Phi) is 6.66. The van der Waals surface area contributed by atoms with E-state index in [1.165, 1.54) is 6.07 Å². The lowest BCUT2D eigenvalue weighted by molar-refractivity contribution is -0.383. The fourth-order valence-electron chi connectivity index (χ4n) is 3.84. The molecule has 2 aliphatic rings. The van der Waals surface area contributed by atoms with Crippen molar-refractivity contribution in [3.05, 3.63) is 82.0 Å². The van der Waals surface area contributed by atoms with Crippen molar-refractivity contribution in [1.29, 1.82) is 0 Å². The van der Waals surface area contributed by atoms with Crippen molar-refractivity contribution >= 4 is 33.4 Å². The molecule has 0 amide bonds. The second-order valence-electron chi connectivity index (χ2n) is 9.29. The lowest BCUT2D eigenvalue weighted by Crippen LogP contribution is -2.18. The molecule has 3 heterocycles. The Labute approximate surface area is 211 Å². The minimum atomic E-state index is -0.508. The van der Waals surface area contributed by atoms with Gasteiger partial charge in [0.2, 0.25) is 5.52 Å². The number of hydrogen-bond donors (Lipinski definition) is 0. The number of non-ortho nitro benzene ring substituents is 1. The molecule has 0 radical (unpaired) electrons. The van der Waals surface area contributed by atoms with Gasteiger partial charge in [0.15, 0.2) is 0 Å². The van der Waals surface area contributed by atoms with E-state index in [0.717, 1.165) is 45.1 Å². The average molecular weight is 504 g/mol. The zero-order chi connectivity index (χ0) is 26.9. The van der Waals surface area contributed by atoms with Gasteiger partial charge >= 0.3 is 5.69 Å². The SMILES string of the molecule is C=C1C=CC(C)(C)c2nonc21.C=C1c2nonc2C(C)=CC1C.Cc1ccc([N+](=O)[O-])c2nonc12. The van der Waals surface area contributed by atoms with Gasteiger partial charge in [-0.15, -0.1) is 0 Å². The van der Waals surface area contributed by atoms with Crippen molar-refractivity contribution in [3.8, 4) is 0 Å². The number of benzene rings is 1. The van der Waals surface area contributed by atoms with Gasteiger partial charge in [-0.3, -0.25) is 10.1 Å². The van der Waals surface area contributed by atoms with Gasteiger partial charge in [0, 0.05) is 17.4 Å². The quantitative estimate of drug-likeness (QED) is 0.238. The molecule has 1 unspecified atom stereocenters. The fourth-order valence-corrected chi connectivity index (χ4v) is 3.84. The summed E-state index contributed by atoms with van der Waals surface area (Å²) in [6.45, 7) is 17.8. The first-order valence-electron chi connectivity index (χ1n) is 11.3. The molecule has 190 valence electrons. The fraction of sp³-hybridized carbons (Fsp3) is 0.280. The molecular formula is C25H25N7O5. The van der Waals surface area contributed by atoms with Crippen molar-refractivity contribution in [2.24, 2.45) is 5.92 Å².